The number of carbonyl (C=O) groups is 2. The lowest BCUT2D eigenvalue weighted by atomic mass is 9.84. The number of esters is 2. The first-order valence-corrected chi connectivity index (χ1v) is 8.86. The molecule has 0 amide bonds. The molecule has 4 nitrogen and oxygen atoms in total. The third kappa shape index (κ3) is 4.14. The highest BCUT2D eigenvalue weighted by molar-refractivity contribution is 6.30. The molecule has 1 heterocycles. The van der Waals surface area contributed by atoms with Crippen molar-refractivity contribution in [2.24, 2.45) is 11.8 Å². The summed E-state index contributed by atoms with van der Waals surface area (Å²) in [5.74, 6) is -1.81. The van der Waals surface area contributed by atoms with Crippen molar-refractivity contribution >= 4 is 29.3 Å². The molecule has 2 aromatic rings. The molecule has 134 valence electrons. The van der Waals surface area contributed by atoms with Crippen molar-refractivity contribution in [3.8, 4) is 0 Å². The van der Waals surface area contributed by atoms with E-state index in [-0.39, 0.29) is 6.61 Å². The standard InChI is InChI=1S/C21H19ClO4/c1-2-25-20(23)18-13-19(15-8-10-16(22)11-9-15)26-21(24)17(18)12-14-6-4-3-5-7-14/h3-11,13,17-18H,2,12H2,1H3/t17-,18-/m1/s1. The van der Waals surface area contributed by atoms with Crippen LogP contribution in [0.5, 0.6) is 0 Å². The molecule has 1 aliphatic rings. The van der Waals surface area contributed by atoms with E-state index >= 15 is 0 Å². The van der Waals surface area contributed by atoms with E-state index in [0.717, 1.165) is 5.56 Å². The van der Waals surface area contributed by atoms with E-state index in [1.807, 2.05) is 30.3 Å². The van der Waals surface area contributed by atoms with Gasteiger partial charge < -0.3 is 9.47 Å². The van der Waals surface area contributed by atoms with Gasteiger partial charge in [-0.25, -0.2) is 0 Å². The lowest BCUT2D eigenvalue weighted by Crippen LogP contribution is -2.36. The van der Waals surface area contributed by atoms with Gasteiger partial charge >= 0.3 is 11.9 Å². The van der Waals surface area contributed by atoms with Crippen molar-refractivity contribution in [3.63, 3.8) is 0 Å². The van der Waals surface area contributed by atoms with Crippen LogP contribution in [0.1, 0.15) is 18.1 Å². The van der Waals surface area contributed by atoms with E-state index in [2.05, 4.69) is 0 Å². The molecule has 0 radical (unpaired) electrons. The average molecular weight is 371 g/mol. The summed E-state index contributed by atoms with van der Waals surface area (Å²) in [6, 6.07) is 16.5. The topological polar surface area (TPSA) is 52.6 Å². The van der Waals surface area contributed by atoms with Crippen LogP contribution in [0.4, 0.5) is 0 Å². The zero-order valence-corrected chi connectivity index (χ0v) is 15.1. The molecule has 2 aromatic carbocycles. The highest BCUT2D eigenvalue weighted by atomic mass is 35.5. The lowest BCUT2D eigenvalue weighted by Gasteiger charge is -2.27. The number of halogens is 1. The van der Waals surface area contributed by atoms with Gasteiger partial charge in [0.05, 0.1) is 18.4 Å². The molecular weight excluding hydrogens is 352 g/mol. The van der Waals surface area contributed by atoms with Gasteiger partial charge in [-0.05, 0) is 49.2 Å². The van der Waals surface area contributed by atoms with Gasteiger partial charge in [-0.3, -0.25) is 9.59 Å². The Morgan fingerprint density at radius 2 is 1.81 bits per heavy atom. The molecule has 2 atom stereocenters. The predicted molar refractivity (Wildman–Crippen MR) is 99.3 cm³/mol. The summed E-state index contributed by atoms with van der Waals surface area (Å²) < 4.78 is 10.7. The van der Waals surface area contributed by atoms with Crippen LogP contribution < -0.4 is 0 Å². The van der Waals surface area contributed by atoms with E-state index in [9.17, 15) is 9.59 Å². The van der Waals surface area contributed by atoms with Crippen molar-refractivity contribution in [1.82, 2.24) is 0 Å². The van der Waals surface area contributed by atoms with E-state index < -0.39 is 23.8 Å². The lowest BCUT2D eigenvalue weighted by molar-refractivity contribution is -0.156. The summed E-state index contributed by atoms with van der Waals surface area (Å²) in [4.78, 5) is 25.2. The number of benzene rings is 2. The predicted octanol–water partition coefficient (Wildman–Crippen LogP) is 4.28. The fourth-order valence-electron chi connectivity index (χ4n) is 2.96. The number of hydrogen-bond acceptors (Lipinski definition) is 4. The van der Waals surface area contributed by atoms with Crippen molar-refractivity contribution in [2.45, 2.75) is 13.3 Å². The molecule has 0 aliphatic carbocycles. The highest BCUT2D eigenvalue weighted by Crippen LogP contribution is 2.33. The molecule has 0 bridgehead atoms. The fourth-order valence-corrected chi connectivity index (χ4v) is 3.09. The first-order valence-electron chi connectivity index (χ1n) is 8.48. The summed E-state index contributed by atoms with van der Waals surface area (Å²) in [5, 5.41) is 0.584. The number of cyclic esters (lactones) is 1. The van der Waals surface area contributed by atoms with Crippen LogP contribution in [0.2, 0.25) is 5.02 Å². The van der Waals surface area contributed by atoms with Gasteiger partial charge in [-0.2, -0.15) is 0 Å². The normalized spacial score (nSPS) is 19.5. The van der Waals surface area contributed by atoms with Gasteiger partial charge in [0.1, 0.15) is 5.76 Å². The Labute approximate surface area is 157 Å². The Bertz CT molecular complexity index is 812. The second kappa shape index (κ2) is 8.19. The smallest absolute Gasteiger partial charge is 0.315 e. The van der Waals surface area contributed by atoms with Gasteiger partial charge in [0, 0.05) is 10.6 Å². The first kappa shape index (κ1) is 18.2. The van der Waals surface area contributed by atoms with Gasteiger partial charge in [0.2, 0.25) is 0 Å². The molecule has 0 saturated carbocycles. The van der Waals surface area contributed by atoms with Crippen LogP contribution >= 0.6 is 11.6 Å². The molecule has 3 rings (SSSR count). The van der Waals surface area contributed by atoms with Crippen molar-refractivity contribution in [3.05, 3.63) is 76.8 Å². The van der Waals surface area contributed by atoms with Crippen molar-refractivity contribution < 1.29 is 19.1 Å². The third-order valence-electron chi connectivity index (χ3n) is 4.26. The SMILES string of the molecule is CCOC(=O)[C@@H]1C=C(c2ccc(Cl)cc2)OC(=O)[C@@H]1Cc1ccccc1. The zero-order valence-electron chi connectivity index (χ0n) is 14.4. The maximum atomic E-state index is 12.7. The summed E-state index contributed by atoms with van der Waals surface area (Å²) in [6.45, 7) is 2.00. The maximum absolute atomic E-state index is 12.7. The zero-order chi connectivity index (χ0) is 18.5. The molecule has 26 heavy (non-hydrogen) atoms. The Hall–Kier alpha value is -2.59. The van der Waals surface area contributed by atoms with Crippen LogP contribution in [0, 0.1) is 11.8 Å². The van der Waals surface area contributed by atoms with Gasteiger partial charge in [0.25, 0.3) is 0 Å². The Morgan fingerprint density at radius 1 is 1.12 bits per heavy atom. The van der Waals surface area contributed by atoms with E-state index in [4.69, 9.17) is 21.1 Å². The first-order chi connectivity index (χ1) is 12.6. The molecule has 0 fully saturated rings. The number of ether oxygens (including phenoxy) is 2. The molecule has 5 heteroatoms. The maximum Gasteiger partial charge on any atom is 0.315 e. The molecular formula is C21H19ClO4. The van der Waals surface area contributed by atoms with E-state index in [0.29, 0.717) is 22.8 Å². The number of carbonyl (C=O) groups excluding carboxylic acids is 2. The van der Waals surface area contributed by atoms with Crippen molar-refractivity contribution in [1.29, 1.82) is 0 Å². The Balaban J connectivity index is 1.93. The van der Waals surface area contributed by atoms with E-state index in [1.54, 1.807) is 37.3 Å². The third-order valence-corrected chi connectivity index (χ3v) is 4.52. The Kier molecular flexibility index (Phi) is 5.74. The quantitative estimate of drug-likeness (QED) is 0.737. The minimum atomic E-state index is -0.693. The summed E-state index contributed by atoms with van der Waals surface area (Å²) in [7, 11) is 0. The minimum Gasteiger partial charge on any atom is -0.466 e. The van der Waals surface area contributed by atoms with Crippen LogP contribution in [-0.4, -0.2) is 18.5 Å². The van der Waals surface area contributed by atoms with Gasteiger partial charge in [-0.15, -0.1) is 0 Å². The fraction of sp³-hybridized carbons (Fsp3) is 0.238. The second-order valence-electron chi connectivity index (χ2n) is 6.03. The summed E-state index contributed by atoms with van der Waals surface area (Å²) in [5.41, 5.74) is 1.65. The molecule has 0 spiro atoms. The molecule has 0 aromatic heterocycles. The minimum absolute atomic E-state index is 0.257. The van der Waals surface area contributed by atoms with E-state index in [1.165, 1.54) is 0 Å². The number of hydrogen-bond donors (Lipinski definition) is 0. The van der Waals surface area contributed by atoms with Crippen molar-refractivity contribution in [2.75, 3.05) is 6.61 Å². The molecule has 0 saturated heterocycles. The van der Waals surface area contributed by atoms with Crippen LogP contribution in [0.3, 0.4) is 0 Å². The summed E-state index contributed by atoms with van der Waals surface area (Å²) in [6.07, 6.45) is 2.09. The van der Waals surface area contributed by atoms with Crippen LogP contribution in [-0.2, 0) is 25.5 Å². The summed E-state index contributed by atoms with van der Waals surface area (Å²) >= 11 is 5.91. The van der Waals surface area contributed by atoms with Gasteiger partial charge in [-0.1, -0.05) is 41.9 Å². The largest absolute Gasteiger partial charge is 0.466 e. The highest BCUT2D eigenvalue weighted by Gasteiger charge is 2.39. The average Bonchev–Trinajstić information content (AvgIpc) is 2.65. The van der Waals surface area contributed by atoms with Gasteiger partial charge in [0.15, 0.2) is 0 Å². The second-order valence-corrected chi connectivity index (χ2v) is 6.47. The number of rotatable bonds is 5. The Morgan fingerprint density at radius 3 is 2.46 bits per heavy atom. The molecule has 0 N–H and O–H groups in total. The monoisotopic (exact) mass is 370 g/mol. The van der Waals surface area contributed by atoms with Crippen LogP contribution in [0.15, 0.2) is 60.7 Å². The molecule has 0 unspecified atom stereocenters. The van der Waals surface area contributed by atoms with Crippen LogP contribution in [0.25, 0.3) is 5.76 Å². The molecule has 1 aliphatic heterocycles.